The van der Waals surface area contributed by atoms with Crippen molar-refractivity contribution >= 4 is 15.9 Å². The fourth-order valence-corrected chi connectivity index (χ4v) is 2.15. The van der Waals surface area contributed by atoms with Crippen LogP contribution in [0.4, 0.5) is 0 Å². The maximum Gasteiger partial charge on any atom is 0.123 e. The van der Waals surface area contributed by atoms with Crippen molar-refractivity contribution in [2.45, 2.75) is 20.5 Å². The molecule has 2 rings (SSSR count). The first-order chi connectivity index (χ1) is 9.10. The number of hydrogen-bond acceptors (Lipinski definition) is 2. The quantitative estimate of drug-likeness (QED) is 0.834. The number of halogens is 1. The normalized spacial score (nSPS) is 10.0. The van der Waals surface area contributed by atoms with Gasteiger partial charge in [-0.3, -0.25) is 0 Å². The van der Waals surface area contributed by atoms with Crippen molar-refractivity contribution < 1.29 is 4.74 Å². The van der Waals surface area contributed by atoms with Crippen molar-refractivity contribution in [2.24, 2.45) is 0 Å². The second kappa shape index (κ2) is 5.90. The second-order valence-electron chi connectivity index (χ2n) is 4.45. The van der Waals surface area contributed by atoms with Crippen molar-refractivity contribution in [2.75, 3.05) is 0 Å². The van der Waals surface area contributed by atoms with Crippen LogP contribution in [0.2, 0.25) is 0 Å². The average molecular weight is 316 g/mol. The summed E-state index contributed by atoms with van der Waals surface area (Å²) in [6, 6.07) is 13.8. The smallest absolute Gasteiger partial charge is 0.123 e. The van der Waals surface area contributed by atoms with Crippen LogP contribution in [0, 0.1) is 25.2 Å². The highest BCUT2D eigenvalue weighted by Gasteiger charge is 2.04. The first-order valence-corrected chi connectivity index (χ1v) is 6.78. The highest BCUT2D eigenvalue weighted by Crippen LogP contribution is 2.24. The predicted octanol–water partition coefficient (Wildman–Crippen LogP) is 4.52. The van der Waals surface area contributed by atoms with Crippen LogP contribution in [0.3, 0.4) is 0 Å². The monoisotopic (exact) mass is 315 g/mol. The lowest BCUT2D eigenvalue weighted by Crippen LogP contribution is -1.99. The molecule has 96 valence electrons. The van der Waals surface area contributed by atoms with Crippen molar-refractivity contribution in [3.63, 3.8) is 0 Å². The molecule has 0 fully saturated rings. The number of aryl methyl sites for hydroxylation is 2. The van der Waals surface area contributed by atoms with Gasteiger partial charge in [0.1, 0.15) is 12.4 Å². The molecular formula is C16H14BrNO. The number of rotatable bonds is 3. The molecule has 19 heavy (non-hydrogen) atoms. The third-order valence-electron chi connectivity index (χ3n) is 3.01. The van der Waals surface area contributed by atoms with E-state index in [1.165, 1.54) is 0 Å². The predicted molar refractivity (Wildman–Crippen MR) is 79.1 cm³/mol. The van der Waals surface area contributed by atoms with E-state index in [0.29, 0.717) is 12.2 Å². The van der Waals surface area contributed by atoms with Gasteiger partial charge in [0.05, 0.1) is 11.6 Å². The van der Waals surface area contributed by atoms with Crippen molar-refractivity contribution in [3.05, 3.63) is 63.1 Å². The number of ether oxygens (including phenoxy) is 1. The Morgan fingerprint density at radius 3 is 2.58 bits per heavy atom. The Balaban J connectivity index is 2.15. The Kier molecular flexibility index (Phi) is 4.24. The standard InChI is InChI=1S/C16H14BrNO/c1-11-3-6-15(17)8-16(11)19-10-14-5-4-13(9-18)7-12(14)2/h3-8H,10H2,1-2H3. The zero-order valence-electron chi connectivity index (χ0n) is 10.9. The van der Waals surface area contributed by atoms with Crippen LogP contribution in [-0.4, -0.2) is 0 Å². The van der Waals surface area contributed by atoms with Gasteiger partial charge in [0, 0.05) is 4.47 Å². The SMILES string of the molecule is Cc1cc(C#N)ccc1COc1cc(Br)ccc1C. The molecule has 0 aliphatic heterocycles. The van der Waals surface area contributed by atoms with E-state index in [1.54, 1.807) is 0 Å². The lowest BCUT2D eigenvalue weighted by atomic mass is 10.1. The van der Waals surface area contributed by atoms with E-state index in [1.807, 2.05) is 50.2 Å². The molecule has 0 aliphatic carbocycles. The van der Waals surface area contributed by atoms with Crippen LogP contribution in [0.1, 0.15) is 22.3 Å². The first kappa shape index (κ1) is 13.6. The van der Waals surface area contributed by atoms with Gasteiger partial charge >= 0.3 is 0 Å². The van der Waals surface area contributed by atoms with Gasteiger partial charge < -0.3 is 4.74 Å². The van der Waals surface area contributed by atoms with Crippen molar-refractivity contribution in [1.82, 2.24) is 0 Å². The summed E-state index contributed by atoms with van der Waals surface area (Å²) >= 11 is 3.44. The van der Waals surface area contributed by atoms with Crippen LogP contribution in [0.15, 0.2) is 40.9 Å². The first-order valence-electron chi connectivity index (χ1n) is 5.99. The molecule has 0 aromatic heterocycles. The summed E-state index contributed by atoms with van der Waals surface area (Å²) in [5.41, 5.74) is 3.96. The van der Waals surface area contributed by atoms with E-state index in [9.17, 15) is 0 Å². The maximum absolute atomic E-state index is 8.84. The summed E-state index contributed by atoms with van der Waals surface area (Å²) in [4.78, 5) is 0. The molecule has 0 saturated carbocycles. The summed E-state index contributed by atoms with van der Waals surface area (Å²) in [5.74, 6) is 0.873. The lowest BCUT2D eigenvalue weighted by Gasteiger charge is -2.11. The number of nitriles is 1. The maximum atomic E-state index is 8.84. The number of nitrogens with zero attached hydrogens (tertiary/aromatic N) is 1. The minimum atomic E-state index is 0.509. The Hall–Kier alpha value is -1.79. The highest BCUT2D eigenvalue weighted by molar-refractivity contribution is 9.10. The van der Waals surface area contributed by atoms with Crippen LogP contribution >= 0.6 is 15.9 Å². The van der Waals surface area contributed by atoms with Gasteiger partial charge in [-0.2, -0.15) is 5.26 Å². The van der Waals surface area contributed by atoms with Crippen molar-refractivity contribution in [1.29, 1.82) is 5.26 Å². The molecule has 0 radical (unpaired) electrons. The largest absolute Gasteiger partial charge is 0.489 e. The summed E-state index contributed by atoms with van der Waals surface area (Å²) in [5, 5.41) is 8.84. The van der Waals surface area contributed by atoms with Gasteiger partial charge in [0.15, 0.2) is 0 Å². The molecule has 0 saturated heterocycles. The van der Waals surface area contributed by atoms with Crippen molar-refractivity contribution in [3.8, 4) is 11.8 Å². The fourth-order valence-electron chi connectivity index (χ4n) is 1.81. The molecule has 0 N–H and O–H groups in total. The molecule has 3 heteroatoms. The van der Waals surface area contributed by atoms with Crippen LogP contribution in [0.25, 0.3) is 0 Å². The summed E-state index contributed by atoms with van der Waals surface area (Å²) in [6.07, 6.45) is 0. The van der Waals surface area contributed by atoms with Gasteiger partial charge in [-0.1, -0.05) is 28.1 Å². The minimum absolute atomic E-state index is 0.509. The zero-order chi connectivity index (χ0) is 13.8. The van der Waals surface area contributed by atoms with E-state index in [0.717, 1.165) is 26.9 Å². The molecule has 2 nitrogen and oxygen atoms in total. The molecule has 0 unspecified atom stereocenters. The third-order valence-corrected chi connectivity index (χ3v) is 3.50. The zero-order valence-corrected chi connectivity index (χ0v) is 12.5. The Morgan fingerprint density at radius 2 is 1.89 bits per heavy atom. The molecular weight excluding hydrogens is 302 g/mol. The van der Waals surface area contributed by atoms with E-state index in [-0.39, 0.29) is 0 Å². The minimum Gasteiger partial charge on any atom is -0.489 e. The van der Waals surface area contributed by atoms with Crippen LogP contribution < -0.4 is 4.74 Å². The van der Waals surface area contributed by atoms with Gasteiger partial charge in [0.2, 0.25) is 0 Å². The average Bonchev–Trinajstić information content (AvgIpc) is 2.40. The molecule has 0 amide bonds. The van der Waals surface area contributed by atoms with Gasteiger partial charge in [-0.25, -0.2) is 0 Å². The van der Waals surface area contributed by atoms with Crippen LogP contribution in [0.5, 0.6) is 5.75 Å². The van der Waals surface area contributed by atoms with Gasteiger partial charge in [-0.05, 0) is 54.8 Å². The second-order valence-corrected chi connectivity index (χ2v) is 5.37. The topological polar surface area (TPSA) is 33.0 Å². The number of hydrogen-bond donors (Lipinski definition) is 0. The summed E-state index contributed by atoms with van der Waals surface area (Å²) in [7, 11) is 0. The van der Waals surface area contributed by atoms with E-state index in [4.69, 9.17) is 10.00 Å². The molecule has 0 bridgehead atoms. The Labute approximate surface area is 121 Å². The lowest BCUT2D eigenvalue weighted by molar-refractivity contribution is 0.303. The van der Waals surface area contributed by atoms with Gasteiger partial charge in [0.25, 0.3) is 0 Å². The van der Waals surface area contributed by atoms with E-state index < -0.39 is 0 Å². The van der Waals surface area contributed by atoms with E-state index in [2.05, 4.69) is 22.0 Å². The molecule has 0 heterocycles. The molecule has 0 aliphatic rings. The highest BCUT2D eigenvalue weighted by atomic mass is 79.9. The van der Waals surface area contributed by atoms with Crippen LogP contribution in [-0.2, 0) is 6.61 Å². The summed E-state index contributed by atoms with van der Waals surface area (Å²) in [6.45, 7) is 4.52. The number of benzene rings is 2. The molecule has 0 spiro atoms. The summed E-state index contributed by atoms with van der Waals surface area (Å²) < 4.78 is 6.85. The van der Waals surface area contributed by atoms with E-state index >= 15 is 0 Å². The Bertz CT molecular complexity index is 644. The molecule has 2 aromatic carbocycles. The fraction of sp³-hybridized carbons (Fsp3) is 0.188. The molecule has 2 aromatic rings. The molecule has 0 atom stereocenters. The third kappa shape index (κ3) is 3.36. The van der Waals surface area contributed by atoms with Gasteiger partial charge in [-0.15, -0.1) is 0 Å². The Morgan fingerprint density at radius 1 is 1.11 bits per heavy atom.